The van der Waals surface area contributed by atoms with Crippen LogP contribution in [-0.4, -0.2) is 58.2 Å². The molecule has 1 aromatic heterocycles. The van der Waals surface area contributed by atoms with Crippen LogP contribution in [0.2, 0.25) is 5.02 Å². The Balaban J connectivity index is 1.17. The first kappa shape index (κ1) is 24.3. The summed E-state index contributed by atoms with van der Waals surface area (Å²) in [6, 6.07) is 6.66. The molecule has 3 heterocycles. The molecule has 7 nitrogen and oxygen atoms in total. The quantitative estimate of drug-likeness (QED) is 0.561. The third kappa shape index (κ3) is 5.12. The number of aryl methyl sites for hydroxylation is 2. The first-order valence-corrected chi connectivity index (χ1v) is 13.2. The third-order valence-corrected chi connectivity index (χ3v) is 8.59. The van der Waals surface area contributed by atoms with E-state index in [0.717, 1.165) is 72.5 Å². The molecule has 2 N–H and O–H groups in total. The highest BCUT2D eigenvalue weighted by molar-refractivity contribution is 6.31. The molecular weight excluding hydrogens is 462 g/mol. The van der Waals surface area contributed by atoms with Crippen LogP contribution in [0.1, 0.15) is 55.3 Å². The molecule has 0 bridgehead atoms. The van der Waals surface area contributed by atoms with Crippen LogP contribution in [0.25, 0.3) is 0 Å². The van der Waals surface area contributed by atoms with Gasteiger partial charge < -0.3 is 20.2 Å². The van der Waals surface area contributed by atoms with Crippen molar-refractivity contribution in [2.75, 3.05) is 36.4 Å². The van der Waals surface area contributed by atoms with Gasteiger partial charge in [0.15, 0.2) is 0 Å². The molecule has 2 saturated heterocycles. The molecule has 188 valence electrons. The van der Waals surface area contributed by atoms with Crippen LogP contribution in [-0.2, 0) is 4.79 Å². The number of piperidine rings is 1. The monoisotopic (exact) mass is 497 g/mol. The standard InChI is InChI=1S/C27H36ClN5O2/c1-16-6-7-23(24(28)9-16)18(3)30-25-17(2)12-29-27(31-25)33-14-21(15-33)19-5-4-8-32(13-19)22-10-20(11-22)26(34)35/h6-7,9,12,18-22H,4-5,8,10-11,13-15H2,1-3H3,(H,34,35)(H,29,30,31)/t18-,19+,20-,22+/m1/s1. The van der Waals surface area contributed by atoms with E-state index in [0.29, 0.717) is 17.9 Å². The van der Waals surface area contributed by atoms with Crippen LogP contribution >= 0.6 is 11.6 Å². The van der Waals surface area contributed by atoms with Gasteiger partial charge in [-0.3, -0.25) is 4.79 Å². The number of nitrogens with zero attached hydrogens (tertiary/aromatic N) is 4. The molecule has 2 aromatic rings. The minimum Gasteiger partial charge on any atom is -0.481 e. The van der Waals surface area contributed by atoms with Crippen molar-refractivity contribution < 1.29 is 9.90 Å². The van der Waals surface area contributed by atoms with Crippen LogP contribution in [0.4, 0.5) is 11.8 Å². The van der Waals surface area contributed by atoms with Crippen molar-refractivity contribution in [3.05, 3.63) is 46.1 Å². The average molecular weight is 498 g/mol. The minimum atomic E-state index is -0.632. The second kappa shape index (κ2) is 9.94. The van der Waals surface area contributed by atoms with Crippen molar-refractivity contribution >= 4 is 29.3 Å². The van der Waals surface area contributed by atoms with E-state index in [1.807, 2.05) is 26.1 Å². The van der Waals surface area contributed by atoms with Gasteiger partial charge in [0, 0.05) is 42.5 Å². The maximum atomic E-state index is 11.2. The van der Waals surface area contributed by atoms with Crippen LogP contribution in [0.15, 0.2) is 24.4 Å². The molecule has 1 aromatic carbocycles. The number of anilines is 2. The van der Waals surface area contributed by atoms with Gasteiger partial charge in [0.2, 0.25) is 5.95 Å². The maximum absolute atomic E-state index is 11.2. The summed E-state index contributed by atoms with van der Waals surface area (Å²) in [5.41, 5.74) is 3.23. The van der Waals surface area contributed by atoms with Crippen molar-refractivity contribution in [1.82, 2.24) is 14.9 Å². The van der Waals surface area contributed by atoms with E-state index >= 15 is 0 Å². The van der Waals surface area contributed by atoms with Gasteiger partial charge in [-0.15, -0.1) is 0 Å². The molecule has 0 spiro atoms. The highest BCUT2D eigenvalue weighted by Crippen LogP contribution is 2.38. The molecule has 2 aliphatic heterocycles. The topological polar surface area (TPSA) is 81.6 Å². The number of nitrogens with one attached hydrogen (secondary N) is 1. The molecule has 0 unspecified atom stereocenters. The summed E-state index contributed by atoms with van der Waals surface area (Å²) in [5.74, 6) is 2.20. The first-order chi connectivity index (χ1) is 16.8. The van der Waals surface area contributed by atoms with Gasteiger partial charge in [0.25, 0.3) is 0 Å². The fourth-order valence-electron chi connectivity index (χ4n) is 5.82. The number of hydrogen-bond acceptors (Lipinski definition) is 6. The van der Waals surface area contributed by atoms with Crippen LogP contribution in [0, 0.1) is 31.6 Å². The Labute approximate surface area is 212 Å². The number of benzene rings is 1. The summed E-state index contributed by atoms with van der Waals surface area (Å²) in [5, 5.41) is 13.5. The highest BCUT2D eigenvalue weighted by Gasteiger charge is 2.42. The number of hydrogen-bond donors (Lipinski definition) is 2. The van der Waals surface area contributed by atoms with Crippen molar-refractivity contribution in [3.63, 3.8) is 0 Å². The lowest BCUT2D eigenvalue weighted by molar-refractivity contribution is -0.147. The highest BCUT2D eigenvalue weighted by atomic mass is 35.5. The Kier molecular flexibility index (Phi) is 6.91. The number of halogens is 1. The van der Waals surface area contributed by atoms with E-state index in [-0.39, 0.29) is 12.0 Å². The normalized spacial score (nSPS) is 26.1. The number of likely N-dealkylation sites (tertiary alicyclic amines) is 1. The van der Waals surface area contributed by atoms with Crippen molar-refractivity contribution in [2.24, 2.45) is 17.8 Å². The Hall–Kier alpha value is -2.38. The molecule has 1 saturated carbocycles. The largest absolute Gasteiger partial charge is 0.481 e. The maximum Gasteiger partial charge on any atom is 0.306 e. The summed E-state index contributed by atoms with van der Waals surface area (Å²) < 4.78 is 0. The van der Waals surface area contributed by atoms with Gasteiger partial charge in [-0.05, 0) is 82.0 Å². The van der Waals surface area contributed by atoms with Crippen molar-refractivity contribution in [1.29, 1.82) is 0 Å². The zero-order valence-corrected chi connectivity index (χ0v) is 21.6. The van der Waals surface area contributed by atoms with Gasteiger partial charge in [-0.1, -0.05) is 23.7 Å². The summed E-state index contributed by atoms with van der Waals surface area (Å²) in [4.78, 5) is 25.5. The average Bonchev–Trinajstić information content (AvgIpc) is 2.74. The second-order valence-corrected chi connectivity index (χ2v) is 11.2. The SMILES string of the molecule is Cc1ccc([C@@H](C)Nc2nc(N3CC([C@H]4CCCN([C@H]5C[C@@H](C(=O)O)C5)C4)C3)ncc2C)c(Cl)c1. The molecule has 8 heteroatoms. The van der Waals surface area contributed by atoms with Gasteiger partial charge in [0.1, 0.15) is 5.82 Å². The number of rotatable bonds is 7. The predicted octanol–water partition coefficient (Wildman–Crippen LogP) is 4.93. The molecule has 1 aliphatic carbocycles. The molecule has 0 radical (unpaired) electrons. The number of aliphatic carboxylic acids is 1. The molecule has 35 heavy (non-hydrogen) atoms. The van der Waals surface area contributed by atoms with Crippen molar-refractivity contribution in [3.8, 4) is 0 Å². The molecular formula is C27H36ClN5O2. The lowest BCUT2D eigenvalue weighted by atomic mass is 9.76. The predicted molar refractivity (Wildman–Crippen MR) is 139 cm³/mol. The summed E-state index contributed by atoms with van der Waals surface area (Å²) in [7, 11) is 0. The van der Waals surface area contributed by atoms with E-state index in [2.05, 4.69) is 39.2 Å². The van der Waals surface area contributed by atoms with Gasteiger partial charge >= 0.3 is 5.97 Å². The molecule has 3 aliphatic rings. The van der Waals surface area contributed by atoms with E-state index in [9.17, 15) is 9.90 Å². The molecule has 0 amide bonds. The molecule has 3 fully saturated rings. The number of aromatic nitrogens is 2. The second-order valence-electron chi connectivity index (χ2n) is 10.8. The zero-order valence-electron chi connectivity index (χ0n) is 20.9. The van der Waals surface area contributed by atoms with Crippen LogP contribution in [0.5, 0.6) is 0 Å². The van der Waals surface area contributed by atoms with E-state index < -0.39 is 5.97 Å². The van der Waals surface area contributed by atoms with Crippen molar-refractivity contribution in [2.45, 2.75) is 58.5 Å². The summed E-state index contributed by atoms with van der Waals surface area (Å²) >= 11 is 6.49. The summed E-state index contributed by atoms with van der Waals surface area (Å²) in [6.07, 6.45) is 6.01. The van der Waals surface area contributed by atoms with E-state index in [1.54, 1.807) is 0 Å². The number of carboxylic acid groups (broad SMARTS) is 1. The van der Waals surface area contributed by atoms with Gasteiger partial charge in [0.05, 0.1) is 12.0 Å². The number of carboxylic acids is 1. The third-order valence-electron chi connectivity index (χ3n) is 8.26. The lowest BCUT2D eigenvalue weighted by Gasteiger charge is -2.50. The Bertz CT molecular complexity index is 1080. The fraction of sp³-hybridized carbons (Fsp3) is 0.593. The minimum absolute atomic E-state index is 0.0362. The van der Waals surface area contributed by atoms with Crippen LogP contribution < -0.4 is 10.2 Å². The lowest BCUT2D eigenvalue weighted by Crippen LogP contribution is -2.56. The first-order valence-electron chi connectivity index (χ1n) is 12.9. The number of carbonyl (C=O) groups is 1. The van der Waals surface area contributed by atoms with Crippen LogP contribution in [0.3, 0.4) is 0 Å². The Morgan fingerprint density at radius 2 is 1.97 bits per heavy atom. The zero-order chi connectivity index (χ0) is 24.7. The Morgan fingerprint density at radius 1 is 1.20 bits per heavy atom. The molecule has 2 atom stereocenters. The van der Waals surface area contributed by atoms with E-state index in [1.165, 1.54) is 12.8 Å². The Morgan fingerprint density at radius 3 is 2.69 bits per heavy atom. The fourth-order valence-corrected chi connectivity index (χ4v) is 6.21. The van der Waals surface area contributed by atoms with Gasteiger partial charge in [-0.2, -0.15) is 4.98 Å². The smallest absolute Gasteiger partial charge is 0.306 e. The summed E-state index contributed by atoms with van der Waals surface area (Å²) in [6.45, 7) is 10.4. The van der Waals surface area contributed by atoms with E-state index in [4.69, 9.17) is 16.6 Å². The molecule has 5 rings (SSSR count). The van der Waals surface area contributed by atoms with Gasteiger partial charge in [-0.25, -0.2) is 4.98 Å².